The second-order valence-corrected chi connectivity index (χ2v) is 10.9. The second kappa shape index (κ2) is 10.8. The van der Waals surface area contributed by atoms with Crippen LogP contribution in [0.1, 0.15) is 44.2 Å². The molecule has 4 rings (SSSR count). The highest BCUT2D eigenvalue weighted by Gasteiger charge is 2.41. The summed E-state index contributed by atoms with van der Waals surface area (Å²) in [6.07, 6.45) is 3.96. The predicted octanol–water partition coefficient (Wildman–Crippen LogP) is 4.84. The third kappa shape index (κ3) is 6.12. The number of carbonyl (C=O) groups is 1. The van der Waals surface area contributed by atoms with Crippen molar-refractivity contribution < 1.29 is 9.53 Å². The summed E-state index contributed by atoms with van der Waals surface area (Å²) in [5.74, 6) is 1.81. The van der Waals surface area contributed by atoms with Crippen molar-refractivity contribution in [3.05, 3.63) is 59.7 Å². The molecule has 1 spiro atoms. The van der Waals surface area contributed by atoms with Crippen LogP contribution in [0.2, 0.25) is 0 Å². The molecule has 2 aliphatic rings. The Balaban J connectivity index is 1.28. The van der Waals surface area contributed by atoms with Crippen molar-refractivity contribution in [3.8, 4) is 5.75 Å². The van der Waals surface area contributed by atoms with Crippen molar-refractivity contribution >= 4 is 11.6 Å². The molecule has 5 nitrogen and oxygen atoms in total. The molecule has 0 N–H and O–H groups in total. The number of carbonyl (C=O) groups excluding carboxylic acids is 1. The number of rotatable bonds is 8. The average molecular weight is 464 g/mol. The van der Waals surface area contributed by atoms with Gasteiger partial charge in [-0.05, 0) is 60.9 Å². The monoisotopic (exact) mass is 463 g/mol. The molecule has 184 valence electrons. The minimum Gasteiger partial charge on any atom is -0.493 e. The van der Waals surface area contributed by atoms with E-state index in [1.165, 1.54) is 12.0 Å². The Kier molecular flexibility index (Phi) is 7.82. The Morgan fingerprint density at radius 2 is 1.68 bits per heavy atom. The maximum Gasteiger partial charge on any atom is 0.226 e. The van der Waals surface area contributed by atoms with Crippen LogP contribution in [0.4, 0.5) is 5.69 Å². The summed E-state index contributed by atoms with van der Waals surface area (Å²) in [7, 11) is 4.07. The topological polar surface area (TPSA) is 36.0 Å². The minimum atomic E-state index is 0.263. The van der Waals surface area contributed by atoms with Crippen LogP contribution in [-0.4, -0.2) is 62.6 Å². The lowest BCUT2D eigenvalue weighted by atomic mass is 9.77. The van der Waals surface area contributed by atoms with E-state index < -0.39 is 0 Å². The molecule has 34 heavy (non-hydrogen) atoms. The van der Waals surface area contributed by atoms with E-state index in [1.54, 1.807) is 0 Å². The molecule has 1 amide bonds. The number of amides is 1. The van der Waals surface area contributed by atoms with E-state index >= 15 is 0 Å². The number of likely N-dealkylation sites (tertiary alicyclic amines) is 2. The third-order valence-corrected chi connectivity index (χ3v) is 7.44. The van der Waals surface area contributed by atoms with E-state index in [0.717, 1.165) is 69.2 Å². The number of anilines is 1. The molecule has 0 aliphatic carbocycles. The summed E-state index contributed by atoms with van der Waals surface area (Å²) in [5.41, 5.74) is 3.91. The molecule has 2 saturated heterocycles. The van der Waals surface area contributed by atoms with E-state index in [0.29, 0.717) is 17.8 Å². The number of benzene rings is 2. The summed E-state index contributed by atoms with van der Waals surface area (Å²) in [6.45, 7) is 10.1. The number of hydrogen-bond acceptors (Lipinski definition) is 4. The Hall–Kier alpha value is -2.53. The van der Waals surface area contributed by atoms with E-state index in [4.69, 9.17) is 4.74 Å². The quantitative estimate of drug-likeness (QED) is 0.561. The van der Waals surface area contributed by atoms with Crippen LogP contribution in [-0.2, 0) is 17.8 Å². The number of piperidine rings is 1. The van der Waals surface area contributed by atoms with Crippen LogP contribution in [0.15, 0.2) is 48.5 Å². The highest BCUT2D eigenvalue weighted by molar-refractivity contribution is 5.79. The molecule has 0 aromatic heterocycles. The Labute approximate surface area is 205 Å². The van der Waals surface area contributed by atoms with Crippen molar-refractivity contribution in [1.82, 2.24) is 9.80 Å². The number of para-hydroxylation sites is 1. The third-order valence-electron chi connectivity index (χ3n) is 7.44. The normalized spacial score (nSPS) is 18.0. The lowest BCUT2D eigenvalue weighted by molar-refractivity contribution is -0.132. The van der Waals surface area contributed by atoms with Crippen molar-refractivity contribution in [2.24, 2.45) is 11.3 Å². The maximum atomic E-state index is 12.9. The highest BCUT2D eigenvalue weighted by Crippen LogP contribution is 2.41. The fourth-order valence-corrected chi connectivity index (χ4v) is 5.27. The first-order valence-corrected chi connectivity index (χ1v) is 12.8. The average Bonchev–Trinajstić information content (AvgIpc) is 3.21. The number of hydrogen-bond donors (Lipinski definition) is 0. The largest absolute Gasteiger partial charge is 0.493 e. The smallest absolute Gasteiger partial charge is 0.226 e. The zero-order valence-electron chi connectivity index (χ0n) is 21.4. The molecule has 2 aliphatic heterocycles. The molecule has 0 unspecified atom stereocenters. The summed E-state index contributed by atoms with van der Waals surface area (Å²) in [4.78, 5) is 19.7. The van der Waals surface area contributed by atoms with E-state index in [2.05, 4.69) is 77.1 Å². The first kappa shape index (κ1) is 24.6. The standard InChI is InChI=1S/C29H41N3O2/c1-23(2)21-34-27-8-6-5-7-25(27)20-31-16-13-29(22-31)14-17-32(18-15-29)28(33)19-24-9-11-26(12-10-24)30(3)4/h5-12,23H,13-22H2,1-4H3. The second-order valence-electron chi connectivity index (χ2n) is 10.9. The molecule has 0 bridgehead atoms. The van der Waals surface area contributed by atoms with Gasteiger partial charge in [0.05, 0.1) is 13.0 Å². The van der Waals surface area contributed by atoms with E-state index in [1.807, 2.05) is 14.1 Å². The van der Waals surface area contributed by atoms with E-state index in [9.17, 15) is 4.79 Å². The van der Waals surface area contributed by atoms with Gasteiger partial charge in [-0.3, -0.25) is 9.69 Å². The highest BCUT2D eigenvalue weighted by atomic mass is 16.5. The van der Waals surface area contributed by atoms with Crippen LogP contribution in [0, 0.1) is 11.3 Å². The van der Waals surface area contributed by atoms with Gasteiger partial charge in [0.2, 0.25) is 5.91 Å². The fraction of sp³-hybridized carbons (Fsp3) is 0.552. The van der Waals surface area contributed by atoms with Crippen LogP contribution >= 0.6 is 0 Å². The molecule has 2 fully saturated rings. The molecule has 0 radical (unpaired) electrons. The molecule has 2 heterocycles. The summed E-state index contributed by atoms with van der Waals surface area (Å²) < 4.78 is 6.08. The van der Waals surface area contributed by atoms with Crippen LogP contribution in [0.25, 0.3) is 0 Å². The van der Waals surface area contributed by atoms with Gasteiger partial charge in [0.25, 0.3) is 0 Å². The molecule has 2 aromatic carbocycles. The zero-order chi connectivity index (χ0) is 24.1. The van der Waals surface area contributed by atoms with Gasteiger partial charge >= 0.3 is 0 Å². The number of nitrogens with zero attached hydrogens (tertiary/aromatic N) is 3. The SMILES string of the molecule is CC(C)COc1ccccc1CN1CCC2(CCN(C(=O)Cc3ccc(N(C)C)cc3)CC2)C1. The van der Waals surface area contributed by atoms with Gasteiger partial charge in [-0.2, -0.15) is 0 Å². The van der Waals surface area contributed by atoms with Gasteiger partial charge in [-0.25, -0.2) is 0 Å². The van der Waals surface area contributed by atoms with Crippen molar-refractivity contribution in [3.63, 3.8) is 0 Å². The zero-order valence-corrected chi connectivity index (χ0v) is 21.4. The molecule has 5 heteroatoms. The first-order valence-electron chi connectivity index (χ1n) is 12.8. The van der Waals surface area contributed by atoms with Gasteiger partial charge in [-0.1, -0.05) is 44.2 Å². The van der Waals surface area contributed by atoms with Gasteiger partial charge in [-0.15, -0.1) is 0 Å². The van der Waals surface area contributed by atoms with Gasteiger partial charge < -0.3 is 14.5 Å². The van der Waals surface area contributed by atoms with Gasteiger partial charge in [0.15, 0.2) is 0 Å². The van der Waals surface area contributed by atoms with Gasteiger partial charge in [0.1, 0.15) is 5.75 Å². The molecule has 2 aromatic rings. The van der Waals surface area contributed by atoms with Crippen molar-refractivity contribution in [1.29, 1.82) is 0 Å². The Bertz CT molecular complexity index is 946. The fourth-order valence-electron chi connectivity index (χ4n) is 5.27. The van der Waals surface area contributed by atoms with Crippen LogP contribution < -0.4 is 9.64 Å². The van der Waals surface area contributed by atoms with Crippen molar-refractivity contribution in [2.75, 3.05) is 51.8 Å². The summed E-state index contributed by atoms with van der Waals surface area (Å²) in [6, 6.07) is 16.8. The Morgan fingerprint density at radius 3 is 2.35 bits per heavy atom. The molecule has 0 saturated carbocycles. The molecule has 0 atom stereocenters. The van der Waals surface area contributed by atoms with Crippen LogP contribution in [0.5, 0.6) is 5.75 Å². The summed E-state index contributed by atoms with van der Waals surface area (Å²) in [5, 5.41) is 0. The predicted molar refractivity (Wildman–Crippen MR) is 139 cm³/mol. The molecular weight excluding hydrogens is 422 g/mol. The van der Waals surface area contributed by atoms with Gasteiger partial charge in [0, 0.05) is 51.5 Å². The first-order chi connectivity index (χ1) is 16.3. The van der Waals surface area contributed by atoms with E-state index in [-0.39, 0.29) is 5.91 Å². The number of ether oxygens (including phenoxy) is 1. The Morgan fingerprint density at radius 1 is 1.00 bits per heavy atom. The molecular formula is C29H41N3O2. The lowest BCUT2D eigenvalue weighted by Crippen LogP contribution is -2.44. The lowest BCUT2D eigenvalue weighted by Gasteiger charge is -2.39. The summed E-state index contributed by atoms with van der Waals surface area (Å²) >= 11 is 0. The van der Waals surface area contributed by atoms with Crippen LogP contribution in [0.3, 0.4) is 0 Å². The maximum absolute atomic E-state index is 12.9. The van der Waals surface area contributed by atoms with Crippen molar-refractivity contribution in [2.45, 2.75) is 46.1 Å². The minimum absolute atomic E-state index is 0.263.